The summed E-state index contributed by atoms with van der Waals surface area (Å²) >= 11 is 15.5. The van der Waals surface area contributed by atoms with Crippen LogP contribution in [0.25, 0.3) is 10.2 Å². The van der Waals surface area contributed by atoms with Crippen molar-refractivity contribution < 1.29 is 9.53 Å². The van der Waals surface area contributed by atoms with E-state index in [4.69, 9.17) is 32.9 Å². The van der Waals surface area contributed by atoms with E-state index in [9.17, 15) is 4.79 Å². The third kappa shape index (κ3) is 6.05. The molecule has 0 N–H and O–H groups in total. The molecular formula is C21H22Cl3N3O2S2. The molecule has 166 valence electrons. The van der Waals surface area contributed by atoms with E-state index in [0.29, 0.717) is 27.3 Å². The molecule has 1 aromatic heterocycles. The third-order valence-corrected chi connectivity index (χ3v) is 7.12. The summed E-state index contributed by atoms with van der Waals surface area (Å²) in [5, 5.41) is 1.55. The molecule has 1 aliphatic heterocycles. The zero-order valence-corrected chi connectivity index (χ0v) is 20.8. The molecule has 1 saturated heterocycles. The van der Waals surface area contributed by atoms with Crippen LogP contribution in [0.3, 0.4) is 0 Å². The molecule has 2 heterocycles. The number of benzene rings is 2. The van der Waals surface area contributed by atoms with Crippen molar-refractivity contribution in [2.45, 2.75) is 4.90 Å². The lowest BCUT2D eigenvalue weighted by Gasteiger charge is -2.29. The number of thioether (sulfide) groups is 1. The second kappa shape index (κ2) is 11.2. The number of carbonyl (C=O) groups excluding carboxylic acids is 1. The van der Waals surface area contributed by atoms with Crippen LogP contribution in [-0.4, -0.2) is 61.4 Å². The molecule has 4 rings (SSSR count). The number of halogens is 3. The molecule has 1 fully saturated rings. The van der Waals surface area contributed by atoms with Crippen molar-refractivity contribution in [1.82, 2.24) is 9.88 Å². The van der Waals surface area contributed by atoms with Crippen molar-refractivity contribution in [2.75, 3.05) is 50.5 Å². The second-order valence-electron chi connectivity index (χ2n) is 6.90. The van der Waals surface area contributed by atoms with E-state index >= 15 is 0 Å². The van der Waals surface area contributed by atoms with Crippen LogP contribution in [-0.2, 0) is 4.74 Å². The van der Waals surface area contributed by atoms with Gasteiger partial charge in [-0.3, -0.25) is 14.6 Å². The fourth-order valence-electron chi connectivity index (χ4n) is 3.32. The van der Waals surface area contributed by atoms with Crippen LogP contribution >= 0.6 is 58.7 Å². The van der Waals surface area contributed by atoms with Crippen molar-refractivity contribution in [2.24, 2.45) is 0 Å². The van der Waals surface area contributed by atoms with Gasteiger partial charge in [0.25, 0.3) is 5.91 Å². The minimum Gasteiger partial charge on any atom is -0.379 e. The molecule has 0 radical (unpaired) electrons. The van der Waals surface area contributed by atoms with E-state index in [1.165, 1.54) is 16.2 Å². The van der Waals surface area contributed by atoms with Crippen LogP contribution in [0.2, 0.25) is 10.0 Å². The van der Waals surface area contributed by atoms with Crippen LogP contribution in [0.15, 0.2) is 41.3 Å². The molecule has 2 aromatic carbocycles. The normalized spacial score (nSPS) is 14.4. The van der Waals surface area contributed by atoms with Gasteiger partial charge in [-0.2, -0.15) is 0 Å². The molecule has 1 amide bonds. The Kier molecular flexibility index (Phi) is 8.87. The third-order valence-electron chi connectivity index (χ3n) is 4.91. The summed E-state index contributed by atoms with van der Waals surface area (Å²) in [4.78, 5) is 23.4. The first kappa shape index (κ1) is 24.6. The molecule has 0 bridgehead atoms. The average Bonchev–Trinajstić information content (AvgIpc) is 3.16. The zero-order chi connectivity index (χ0) is 21.1. The van der Waals surface area contributed by atoms with Gasteiger partial charge in [0.05, 0.1) is 23.4 Å². The molecular weight excluding hydrogens is 497 g/mol. The summed E-state index contributed by atoms with van der Waals surface area (Å²) < 4.78 is 6.49. The predicted octanol–water partition coefficient (Wildman–Crippen LogP) is 5.73. The highest BCUT2D eigenvalue weighted by atomic mass is 35.5. The molecule has 0 saturated carbocycles. The molecule has 10 heteroatoms. The first-order valence-electron chi connectivity index (χ1n) is 9.56. The maximum Gasteiger partial charge on any atom is 0.260 e. The van der Waals surface area contributed by atoms with Crippen LogP contribution in [0.5, 0.6) is 0 Å². The first-order valence-corrected chi connectivity index (χ1v) is 12.4. The second-order valence-corrected chi connectivity index (χ2v) is 9.66. The zero-order valence-electron chi connectivity index (χ0n) is 16.8. The van der Waals surface area contributed by atoms with Gasteiger partial charge in [0, 0.05) is 46.7 Å². The van der Waals surface area contributed by atoms with Gasteiger partial charge in [-0.15, -0.1) is 24.2 Å². The highest BCUT2D eigenvalue weighted by Gasteiger charge is 2.23. The number of hydrogen-bond acceptors (Lipinski definition) is 6. The first-order chi connectivity index (χ1) is 14.5. The largest absolute Gasteiger partial charge is 0.379 e. The molecule has 0 spiro atoms. The number of carbonyl (C=O) groups is 1. The fourth-order valence-corrected chi connectivity index (χ4v) is 5.39. The van der Waals surface area contributed by atoms with E-state index in [-0.39, 0.29) is 18.3 Å². The number of thiazole rings is 1. The Morgan fingerprint density at radius 3 is 2.58 bits per heavy atom. The number of ether oxygens (including phenoxy) is 1. The van der Waals surface area contributed by atoms with E-state index in [0.717, 1.165) is 43.1 Å². The average molecular weight is 519 g/mol. The van der Waals surface area contributed by atoms with E-state index in [2.05, 4.69) is 11.0 Å². The van der Waals surface area contributed by atoms with Crippen LogP contribution < -0.4 is 4.90 Å². The summed E-state index contributed by atoms with van der Waals surface area (Å²) in [7, 11) is 0. The molecule has 0 aliphatic carbocycles. The van der Waals surface area contributed by atoms with Gasteiger partial charge in [-0.1, -0.05) is 34.5 Å². The Morgan fingerprint density at radius 2 is 1.90 bits per heavy atom. The lowest BCUT2D eigenvalue weighted by Crippen LogP contribution is -2.43. The lowest BCUT2D eigenvalue weighted by molar-refractivity contribution is 0.0391. The number of aromatic nitrogens is 1. The summed E-state index contributed by atoms with van der Waals surface area (Å²) in [5.74, 6) is -0.156. The van der Waals surface area contributed by atoms with E-state index in [1.807, 2.05) is 18.4 Å². The van der Waals surface area contributed by atoms with E-state index in [1.54, 1.807) is 34.9 Å². The number of amides is 1. The Hall–Kier alpha value is -1.06. The maximum atomic E-state index is 13.5. The highest BCUT2D eigenvalue weighted by molar-refractivity contribution is 7.98. The van der Waals surface area contributed by atoms with Gasteiger partial charge in [0.2, 0.25) is 0 Å². The number of fused-ring (bicyclic) bond motifs is 1. The predicted molar refractivity (Wildman–Crippen MR) is 134 cm³/mol. The molecule has 3 aromatic rings. The summed E-state index contributed by atoms with van der Waals surface area (Å²) in [5.41, 5.74) is 1.35. The highest BCUT2D eigenvalue weighted by Crippen LogP contribution is 2.32. The van der Waals surface area contributed by atoms with E-state index < -0.39 is 0 Å². The van der Waals surface area contributed by atoms with Gasteiger partial charge in [0.15, 0.2) is 5.13 Å². The standard InChI is InChI=1S/C21H21Cl2N3O2S2.ClH/c1-29-17-2-3-18-19(13-17)30-21(24-18)26(5-4-25-6-8-28-9-7-25)20(27)14-10-15(22)12-16(23)11-14;/h2-3,10-13H,4-9H2,1H3;1H. The number of morpholine rings is 1. The van der Waals surface area contributed by atoms with Crippen molar-refractivity contribution in [1.29, 1.82) is 0 Å². The monoisotopic (exact) mass is 517 g/mol. The minimum absolute atomic E-state index is 0. The Bertz CT molecular complexity index is 1040. The SMILES string of the molecule is CSc1ccc2nc(N(CCN3CCOCC3)C(=O)c3cc(Cl)cc(Cl)c3)sc2c1.Cl. The quantitative estimate of drug-likeness (QED) is 0.390. The molecule has 5 nitrogen and oxygen atoms in total. The minimum atomic E-state index is -0.156. The van der Waals surface area contributed by atoms with Gasteiger partial charge >= 0.3 is 0 Å². The van der Waals surface area contributed by atoms with Crippen LogP contribution in [0.4, 0.5) is 5.13 Å². The van der Waals surface area contributed by atoms with Crippen LogP contribution in [0.1, 0.15) is 10.4 Å². The van der Waals surface area contributed by atoms with Crippen LogP contribution in [0, 0.1) is 0 Å². The topological polar surface area (TPSA) is 45.7 Å². The number of anilines is 1. The summed E-state index contributed by atoms with van der Waals surface area (Å²) in [6.07, 6.45) is 2.05. The van der Waals surface area contributed by atoms with Gasteiger partial charge in [-0.25, -0.2) is 4.98 Å². The summed E-state index contributed by atoms with van der Waals surface area (Å²) in [6.45, 7) is 4.43. The van der Waals surface area contributed by atoms with Gasteiger partial charge in [0.1, 0.15) is 0 Å². The Labute approximate surface area is 206 Å². The molecule has 1 aliphatic rings. The fraction of sp³-hybridized carbons (Fsp3) is 0.333. The molecule has 31 heavy (non-hydrogen) atoms. The van der Waals surface area contributed by atoms with Crippen molar-refractivity contribution in [3.05, 3.63) is 52.0 Å². The number of hydrogen-bond donors (Lipinski definition) is 0. The smallest absolute Gasteiger partial charge is 0.260 e. The van der Waals surface area contributed by atoms with Gasteiger partial charge < -0.3 is 4.74 Å². The summed E-state index contributed by atoms with van der Waals surface area (Å²) in [6, 6.07) is 11.1. The van der Waals surface area contributed by atoms with Crippen molar-refractivity contribution in [3.8, 4) is 0 Å². The Balaban J connectivity index is 0.00000272. The number of rotatable bonds is 6. The molecule has 0 atom stereocenters. The Morgan fingerprint density at radius 1 is 1.19 bits per heavy atom. The van der Waals surface area contributed by atoms with Crippen molar-refractivity contribution >= 4 is 80.0 Å². The maximum absolute atomic E-state index is 13.5. The van der Waals surface area contributed by atoms with Crippen molar-refractivity contribution in [3.63, 3.8) is 0 Å². The lowest BCUT2D eigenvalue weighted by atomic mass is 10.2. The van der Waals surface area contributed by atoms with Gasteiger partial charge in [-0.05, 0) is 42.7 Å². The number of nitrogens with zero attached hydrogens (tertiary/aromatic N) is 3. The molecule has 0 unspecified atom stereocenters.